The first-order valence-electron chi connectivity index (χ1n) is 8.67. The summed E-state index contributed by atoms with van der Waals surface area (Å²) in [5, 5.41) is 12.2. The summed E-state index contributed by atoms with van der Waals surface area (Å²) < 4.78 is 15.6. The molecule has 1 amide bonds. The predicted octanol–water partition coefficient (Wildman–Crippen LogP) is 3.56. The summed E-state index contributed by atoms with van der Waals surface area (Å²) >= 11 is 1.59. The van der Waals surface area contributed by atoms with Gasteiger partial charge in [0.1, 0.15) is 11.6 Å². The first-order valence-corrected chi connectivity index (χ1v) is 9.90. The molecule has 0 aliphatic carbocycles. The average Bonchev–Trinajstić information content (AvgIpc) is 2.99. The fraction of sp³-hybridized carbons (Fsp3) is 0.421. The molecule has 0 saturated carbocycles. The molecule has 0 fully saturated rings. The highest BCUT2D eigenvalue weighted by molar-refractivity contribution is 7.98. The number of benzene rings is 1. The third kappa shape index (κ3) is 5.98. The molecular weight excluding hydrogens is 351 g/mol. The van der Waals surface area contributed by atoms with Gasteiger partial charge in [0.15, 0.2) is 5.16 Å². The number of amides is 1. The molecule has 0 unspecified atom stereocenters. The first kappa shape index (κ1) is 20.2. The van der Waals surface area contributed by atoms with Crippen molar-refractivity contribution in [3.8, 4) is 0 Å². The standard InChI is InChI=1S/C19H25FN4OS/c1-14(2)13-24-17(22-23-19(24)26-3)9-6-12-21-18(25)11-10-15-7-4-5-8-16(15)20/h4-5,7-8,10-11,14H,6,9,12-13H2,1-3H3,(H,21,25)/b11-10+. The molecule has 0 aliphatic heterocycles. The maximum atomic E-state index is 13.5. The Morgan fingerprint density at radius 2 is 2.12 bits per heavy atom. The van der Waals surface area contributed by atoms with Crippen molar-refractivity contribution in [1.82, 2.24) is 20.1 Å². The van der Waals surface area contributed by atoms with Gasteiger partial charge in [-0.15, -0.1) is 10.2 Å². The van der Waals surface area contributed by atoms with Crippen molar-refractivity contribution >= 4 is 23.7 Å². The molecule has 0 atom stereocenters. The molecule has 0 saturated heterocycles. The second-order valence-corrected chi connectivity index (χ2v) is 7.13. The van der Waals surface area contributed by atoms with Gasteiger partial charge in [0.2, 0.25) is 5.91 Å². The van der Waals surface area contributed by atoms with Crippen molar-refractivity contribution in [3.05, 3.63) is 47.5 Å². The van der Waals surface area contributed by atoms with Gasteiger partial charge in [0.05, 0.1) is 0 Å². The Labute approximate surface area is 158 Å². The van der Waals surface area contributed by atoms with Crippen molar-refractivity contribution in [2.24, 2.45) is 5.92 Å². The highest BCUT2D eigenvalue weighted by Gasteiger charge is 2.12. The lowest BCUT2D eigenvalue weighted by molar-refractivity contribution is -0.116. The van der Waals surface area contributed by atoms with Crippen LogP contribution in [0.15, 0.2) is 35.5 Å². The fourth-order valence-corrected chi connectivity index (χ4v) is 3.02. The lowest BCUT2D eigenvalue weighted by Crippen LogP contribution is -2.23. The molecule has 7 heteroatoms. The summed E-state index contributed by atoms with van der Waals surface area (Å²) in [6.07, 6.45) is 6.34. The Morgan fingerprint density at radius 1 is 1.35 bits per heavy atom. The quantitative estimate of drug-likeness (QED) is 0.413. The van der Waals surface area contributed by atoms with Crippen molar-refractivity contribution in [2.75, 3.05) is 12.8 Å². The molecule has 2 aromatic rings. The van der Waals surface area contributed by atoms with Crippen LogP contribution in [0.5, 0.6) is 0 Å². The van der Waals surface area contributed by atoms with Crippen LogP contribution in [-0.2, 0) is 17.8 Å². The molecule has 140 valence electrons. The summed E-state index contributed by atoms with van der Waals surface area (Å²) in [5.41, 5.74) is 0.397. The van der Waals surface area contributed by atoms with Gasteiger partial charge in [-0.1, -0.05) is 43.8 Å². The number of rotatable bonds is 9. The lowest BCUT2D eigenvalue weighted by Gasteiger charge is -2.11. The minimum absolute atomic E-state index is 0.235. The summed E-state index contributed by atoms with van der Waals surface area (Å²) in [6, 6.07) is 6.35. The number of aryl methyl sites for hydroxylation is 1. The van der Waals surface area contributed by atoms with Crippen molar-refractivity contribution in [1.29, 1.82) is 0 Å². The van der Waals surface area contributed by atoms with E-state index in [1.807, 2.05) is 6.26 Å². The second-order valence-electron chi connectivity index (χ2n) is 6.36. The van der Waals surface area contributed by atoms with Gasteiger partial charge in [-0.3, -0.25) is 4.79 Å². The number of hydrogen-bond donors (Lipinski definition) is 1. The third-order valence-corrected chi connectivity index (χ3v) is 4.39. The maximum absolute atomic E-state index is 13.5. The number of thioether (sulfide) groups is 1. The Bertz CT molecular complexity index is 758. The lowest BCUT2D eigenvalue weighted by atomic mass is 10.2. The number of halogens is 1. The number of aromatic nitrogens is 3. The fourth-order valence-electron chi connectivity index (χ4n) is 2.50. The van der Waals surface area contributed by atoms with Gasteiger partial charge >= 0.3 is 0 Å². The monoisotopic (exact) mass is 376 g/mol. The Hall–Kier alpha value is -2.15. The molecule has 26 heavy (non-hydrogen) atoms. The van der Waals surface area contributed by atoms with Gasteiger partial charge in [-0.2, -0.15) is 0 Å². The summed E-state index contributed by atoms with van der Waals surface area (Å²) in [6.45, 7) is 5.74. The Morgan fingerprint density at radius 3 is 2.81 bits per heavy atom. The molecule has 0 radical (unpaired) electrons. The van der Waals surface area contributed by atoms with Crippen LogP contribution in [0.1, 0.15) is 31.7 Å². The molecule has 0 spiro atoms. The topological polar surface area (TPSA) is 59.8 Å². The zero-order valence-corrected chi connectivity index (χ0v) is 16.2. The van der Waals surface area contributed by atoms with Crippen LogP contribution in [0.2, 0.25) is 0 Å². The molecule has 0 bridgehead atoms. The van der Waals surface area contributed by atoms with E-state index in [1.165, 1.54) is 18.2 Å². The molecule has 1 heterocycles. The zero-order chi connectivity index (χ0) is 18.9. The SMILES string of the molecule is CSc1nnc(CCCNC(=O)/C=C/c2ccccc2F)n1CC(C)C. The van der Waals surface area contributed by atoms with Crippen LogP contribution >= 0.6 is 11.8 Å². The molecule has 5 nitrogen and oxygen atoms in total. The smallest absolute Gasteiger partial charge is 0.244 e. The van der Waals surface area contributed by atoms with E-state index in [2.05, 4.69) is 33.9 Å². The third-order valence-electron chi connectivity index (χ3n) is 3.72. The Balaban J connectivity index is 1.81. The van der Waals surface area contributed by atoms with Crippen molar-refractivity contribution in [2.45, 2.75) is 38.4 Å². The van der Waals surface area contributed by atoms with E-state index in [1.54, 1.807) is 30.0 Å². The van der Waals surface area contributed by atoms with Crippen LogP contribution in [0.4, 0.5) is 4.39 Å². The normalized spacial score (nSPS) is 11.4. The van der Waals surface area contributed by atoms with E-state index in [0.29, 0.717) is 18.0 Å². The minimum Gasteiger partial charge on any atom is -0.353 e. The van der Waals surface area contributed by atoms with Gasteiger partial charge in [-0.05, 0) is 30.7 Å². The van der Waals surface area contributed by atoms with Crippen LogP contribution in [-0.4, -0.2) is 33.5 Å². The average molecular weight is 377 g/mol. The second kappa shape index (κ2) is 10.1. The van der Waals surface area contributed by atoms with E-state index >= 15 is 0 Å². The molecule has 1 aromatic heterocycles. The number of nitrogens with one attached hydrogen (secondary N) is 1. The van der Waals surface area contributed by atoms with E-state index < -0.39 is 0 Å². The van der Waals surface area contributed by atoms with E-state index in [-0.39, 0.29) is 11.7 Å². The van der Waals surface area contributed by atoms with E-state index in [4.69, 9.17) is 0 Å². The molecule has 2 rings (SSSR count). The number of carbonyl (C=O) groups is 1. The number of nitrogens with zero attached hydrogens (tertiary/aromatic N) is 3. The molecular formula is C19H25FN4OS. The highest BCUT2D eigenvalue weighted by Crippen LogP contribution is 2.16. The summed E-state index contributed by atoms with van der Waals surface area (Å²) in [4.78, 5) is 11.8. The van der Waals surface area contributed by atoms with Gasteiger partial charge in [0.25, 0.3) is 0 Å². The van der Waals surface area contributed by atoms with E-state index in [9.17, 15) is 9.18 Å². The molecule has 1 N–H and O–H groups in total. The minimum atomic E-state index is -0.342. The molecule has 0 aliphatic rings. The van der Waals surface area contributed by atoms with Gasteiger partial charge in [-0.25, -0.2) is 4.39 Å². The highest BCUT2D eigenvalue weighted by atomic mass is 32.2. The predicted molar refractivity (Wildman–Crippen MR) is 103 cm³/mol. The molecule has 1 aromatic carbocycles. The largest absolute Gasteiger partial charge is 0.353 e. The van der Waals surface area contributed by atoms with Crippen LogP contribution in [0.25, 0.3) is 6.08 Å². The number of hydrogen-bond acceptors (Lipinski definition) is 4. The first-order chi connectivity index (χ1) is 12.5. The Kier molecular flexibility index (Phi) is 7.84. The van der Waals surface area contributed by atoms with Crippen molar-refractivity contribution in [3.63, 3.8) is 0 Å². The van der Waals surface area contributed by atoms with Crippen LogP contribution in [0, 0.1) is 11.7 Å². The van der Waals surface area contributed by atoms with Crippen LogP contribution < -0.4 is 5.32 Å². The zero-order valence-electron chi connectivity index (χ0n) is 15.4. The van der Waals surface area contributed by atoms with Gasteiger partial charge < -0.3 is 9.88 Å². The summed E-state index contributed by atoms with van der Waals surface area (Å²) in [7, 11) is 0. The van der Waals surface area contributed by atoms with E-state index in [0.717, 1.165) is 30.4 Å². The number of carbonyl (C=O) groups excluding carboxylic acids is 1. The van der Waals surface area contributed by atoms with Crippen LogP contribution in [0.3, 0.4) is 0 Å². The van der Waals surface area contributed by atoms with Crippen molar-refractivity contribution < 1.29 is 9.18 Å². The maximum Gasteiger partial charge on any atom is 0.244 e. The summed E-state index contributed by atoms with van der Waals surface area (Å²) in [5.74, 6) is 0.880. The van der Waals surface area contributed by atoms with Gasteiger partial charge in [0, 0.05) is 31.1 Å².